The number of nitrogens with zero attached hydrogens (tertiary/aromatic N) is 1. The van der Waals surface area contributed by atoms with Crippen molar-refractivity contribution in [2.45, 2.75) is 6.42 Å². The fraction of sp³-hybridized carbons (Fsp3) is 0.167. The number of carbonyl (C=O) groups is 1. The first-order valence-corrected chi connectivity index (χ1v) is 5.11. The molecule has 1 aromatic heterocycles. The maximum Gasteiger partial charge on any atom is 0.374 e. The van der Waals surface area contributed by atoms with Gasteiger partial charge in [-0.1, -0.05) is 23.4 Å². The van der Waals surface area contributed by atoms with Crippen LogP contribution in [0.15, 0.2) is 34.9 Å². The Morgan fingerprint density at radius 3 is 2.82 bits per heavy atom. The number of aliphatic hydroxyl groups excluding tert-OH is 1. The maximum atomic E-state index is 10.6. The summed E-state index contributed by atoms with van der Waals surface area (Å²) in [5.41, 5.74) is 2.21. The van der Waals surface area contributed by atoms with Crippen molar-refractivity contribution in [3.05, 3.63) is 41.7 Å². The summed E-state index contributed by atoms with van der Waals surface area (Å²) in [6.45, 7) is 0.0721. The standard InChI is InChI=1S/C12H11NO4/c14-5-4-8-2-1-3-9(6-8)10-7-11(12(15)16)17-13-10/h1-3,6-7,14H,4-5H2,(H,15,16). The summed E-state index contributed by atoms with van der Waals surface area (Å²) in [6, 6.07) is 8.75. The lowest BCUT2D eigenvalue weighted by molar-refractivity contribution is 0.0652. The van der Waals surface area contributed by atoms with E-state index in [1.54, 1.807) is 0 Å². The molecule has 2 aromatic rings. The van der Waals surface area contributed by atoms with Gasteiger partial charge in [0.2, 0.25) is 5.76 Å². The van der Waals surface area contributed by atoms with Gasteiger partial charge in [0.15, 0.2) is 0 Å². The Morgan fingerprint density at radius 1 is 1.35 bits per heavy atom. The van der Waals surface area contributed by atoms with Crippen LogP contribution in [0.4, 0.5) is 0 Å². The molecular weight excluding hydrogens is 222 g/mol. The number of rotatable bonds is 4. The van der Waals surface area contributed by atoms with E-state index < -0.39 is 5.97 Å². The Balaban J connectivity index is 2.31. The summed E-state index contributed by atoms with van der Waals surface area (Å²) in [4.78, 5) is 10.6. The van der Waals surface area contributed by atoms with E-state index in [1.807, 2.05) is 24.3 Å². The van der Waals surface area contributed by atoms with Crippen LogP contribution in [0, 0.1) is 0 Å². The first kappa shape index (κ1) is 11.3. The highest BCUT2D eigenvalue weighted by Gasteiger charge is 2.12. The van der Waals surface area contributed by atoms with E-state index in [1.165, 1.54) is 6.07 Å². The number of aromatic nitrogens is 1. The van der Waals surface area contributed by atoms with Gasteiger partial charge in [-0.05, 0) is 18.1 Å². The Bertz CT molecular complexity index is 533. The van der Waals surface area contributed by atoms with Gasteiger partial charge in [-0.3, -0.25) is 0 Å². The van der Waals surface area contributed by atoms with Crippen LogP contribution in [0.1, 0.15) is 16.1 Å². The van der Waals surface area contributed by atoms with Gasteiger partial charge in [-0.15, -0.1) is 0 Å². The molecule has 0 aliphatic heterocycles. The molecule has 0 atom stereocenters. The van der Waals surface area contributed by atoms with Crippen LogP contribution < -0.4 is 0 Å². The smallest absolute Gasteiger partial charge is 0.374 e. The van der Waals surface area contributed by atoms with Crippen molar-refractivity contribution in [1.82, 2.24) is 5.16 Å². The Hall–Kier alpha value is -2.14. The van der Waals surface area contributed by atoms with E-state index in [4.69, 9.17) is 10.2 Å². The molecule has 17 heavy (non-hydrogen) atoms. The lowest BCUT2D eigenvalue weighted by atomic mass is 10.1. The van der Waals surface area contributed by atoms with Crippen molar-refractivity contribution in [2.24, 2.45) is 0 Å². The van der Waals surface area contributed by atoms with Crippen LogP contribution in [0.25, 0.3) is 11.3 Å². The zero-order chi connectivity index (χ0) is 12.3. The molecule has 0 aliphatic rings. The minimum atomic E-state index is -1.14. The summed E-state index contributed by atoms with van der Waals surface area (Å²) in [7, 11) is 0. The summed E-state index contributed by atoms with van der Waals surface area (Å²) in [5.74, 6) is -1.33. The van der Waals surface area contributed by atoms with Gasteiger partial charge < -0.3 is 14.7 Å². The molecule has 5 nitrogen and oxygen atoms in total. The van der Waals surface area contributed by atoms with E-state index in [2.05, 4.69) is 9.68 Å². The molecule has 0 amide bonds. The molecule has 2 rings (SSSR count). The molecule has 0 aliphatic carbocycles. The predicted octanol–water partition coefficient (Wildman–Crippen LogP) is 1.57. The molecule has 0 fully saturated rings. The maximum absolute atomic E-state index is 10.6. The highest BCUT2D eigenvalue weighted by atomic mass is 16.5. The van der Waals surface area contributed by atoms with E-state index in [-0.39, 0.29) is 12.4 Å². The molecule has 1 heterocycles. The highest BCUT2D eigenvalue weighted by Crippen LogP contribution is 2.20. The number of hydrogen-bond donors (Lipinski definition) is 2. The third-order valence-electron chi connectivity index (χ3n) is 2.34. The first-order chi connectivity index (χ1) is 8.20. The fourth-order valence-corrected chi connectivity index (χ4v) is 1.53. The number of aliphatic hydroxyl groups is 1. The first-order valence-electron chi connectivity index (χ1n) is 5.11. The summed E-state index contributed by atoms with van der Waals surface area (Å²) in [6.07, 6.45) is 0.553. The third kappa shape index (κ3) is 2.51. The molecule has 1 aromatic carbocycles. The van der Waals surface area contributed by atoms with Crippen LogP contribution >= 0.6 is 0 Å². The van der Waals surface area contributed by atoms with Crippen molar-refractivity contribution >= 4 is 5.97 Å². The normalized spacial score (nSPS) is 10.4. The lowest BCUT2D eigenvalue weighted by Crippen LogP contribution is -1.92. The van der Waals surface area contributed by atoms with E-state index in [0.717, 1.165) is 11.1 Å². The fourth-order valence-electron chi connectivity index (χ4n) is 1.53. The second-order valence-corrected chi connectivity index (χ2v) is 3.56. The van der Waals surface area contributed by atoms with Crippen molar-refractivity contribution < 1.29 is 19.5 Å². The predicted molar refractivity (Wildman–Crippen MR) is 59.7 cm³/mol. The van der Waals surface area contributed by atoms with Gasteiger partial charge in [-0.25, -0.2) is 4.79 Å². The van der Waals surface area contributed by atoms with Crippen molar-refractivity contribution in [1.29, 1.82) is 0 Å². The zero-order valence-corrected chi connectivity index (χ0v) is 8.96. The number of aromatic carboxylic acids is 1. The average Bonchev–Trinajstić information content (AvgIpc) is 2.79. The van der Waals surface area contributed by atoms with E-state index >= 15 is 0 Å². The summed E-state index contributed by atoms with van der Waals surface area (Å²) >= 11 is 0. The second-order valence-electron chi connectivity index (χ2n) is 3.56. The summed E-state index contributed by atoms with van der Waals surface area (Å²) in [5, 5.41) is 21.3. The molecule has 0 bridgehead atoms. The molecule has 0 unspecified atom stereocenters. The minimum absolute atomic E-state index is 0.0721. The van der Waals surface area contributed by atoms with Crippen LogP contribution in [-0.2, 0) is 6.42 Å². The Labute approximate surface area is 97.3 Å². The van der Waals surface area contributed by atoms with Crippen molar-refractivity contribution in [2.75, 3.05) is 6.61 Å². The number of hydrogen-bond acceptors (Lipinski definition) is 4. The summed E-state index contributed by atoms with van der Waals surface area (Å²) < 4.78 is 4.68. The highest BCUT2D eigenvalue weighted by molar-refractivity contribution is 5.85. The molecule has 88 valence electrons. The molecule has 0 radical (unpaired) electrons. The van der Waals surface area contributed by atoms with Gasteiger partial charge in [0.25, 0.3) is 0 Å². The van der Waals surface area contributed by atoms with E-state index in [0.29, 0.717) is 12.1 Å². The van der Waals surface area contributed by atoms with Gasteiger partial charge in [0.1, 0.15) is 5.69 Å². The largest absolute Gasteiger partial charge is 0.475 e. The van der Waals surface area contributed by atoms with Gasteiger partial charge >= 0.3 is 5.97 Å². The molecular formula is C12H11NO4. The van der Waals surface area contributed by atoms with Crippen LogP contribution in [-0.4, -0.2) is 27.9 Å². The monoisotopic (exact) mass is 233 g/mol. The lowest BCUT2D eigenvalue weighted by Gasteiger charge is -2.00. The molecule has 2 N–H and O–H groups in total. The molecule has 0 spiro atoms. The molecule has 0 saturated heterocycles. The minimum Gasteiger partial charge on any atom is -0.475 e. The number of benzene rings is 1. The molecule has 5 heteroatoms. The van der Waals surface area contributed by atoms with Gasteiger partial charge in [0, 0.05) is 18.2 Å². The number of carboxylic acids is 1. The zero-order valence-electron chi connectivity index (χ0n) is 8.96. The topological polar surface area (TPSA) is 83.6 Å². The Kier molecular flexibility index (Phi) is 3.20. The van der Waals surface area contributed by atoms with Gasteiger partial charge in [-0.2, -0.15) is 0 Å². The van der Waals surface area contributed by atoms with Crippen LogP contribution in [0.3, 0.4) is 0 Å². The second kappa shape index (κ2) is 4.80. The van der Waals surface area contributed by atoms with E-state index in [9.17, 15) is 4.79 Å². The van der Waals surface area contributed by atoms with Crippen molar-refractivity contribution in [3.63, 3.8) is 0 Å². The van der Waals surface area contributed by atoms with Gasteiger partial charge in [0.05, 0.1) is 0 Å². The average molecular weight is 233 g/mol. The third-order valence-corrected chi connectivity index (χ3v) is 2.34. The SMILES string of the molecule is O=C(O)c1cc(-c2cccc(CCO)c2)no1. The van der Waals surface area contributed by atoms with Crippen LogP contribution in [0.2, 0.25) is 0 Å². The number of carboxylic acid groups (broad SMARTS) is 1. The Morgan fingerprint density at radius 2 is 2.18 bits per heavy atom. The molecule has 0 saturated carbocycles. The van der Waals surface area contributed by atoms with Crippen molar-refractivity contribution in [3.8, 4) is 11.3 Å². The quantitative estimate of drug-likeness (QED) is 0.837. The van der Waals surface area contributed by atoms with Crippen LogP contribution in [0.5, 0.6) is 0 Å².